The summed E-state index contributed by atoms with van der Waals surface area (Å²) in [4.78, 5) is 21.8. The number of nitrogens with one attached hydrogen (secondary N) is 1. The number of nitrogens with zero attached hydrogens (tertiary/aromatic N) is 6. The van der Waals surface area contributed by atoms with Crippen molar-refractivity contribution in [1.29, 1.82) is 10.7 Å². The number of rotatable bonds is 5. The van der Waals surface area contributed by atoms with Crippen LogP contribution in [0.15, 0.2) is 41.0 Å². The van der Waals surface area contributed by atoms with E-state index in [1.165, 1.54) is 22.1 Å². The molecule has 0 radical (unpaired) electrons. The third-order valence-corrected chi connectivity index (χ3v) is 5.53. The number of fused-ring (bicyclic) bond motifs is 3. The lowest BCUT2D eigenvalue weighted by Gasteiger charge is -2.05. The van der Waals surface area contributed by atoms with E-state index in [4.69, 9.17) is 16.4 Å². The Balaban J connectivity index is 1.77. The molecule has 4 aromatic heterocycles. The van der Waals surface area contributed by atoms with Gasteiger partial charge in [-0.05, 0) is 18.2 Å². The van der Waals surface area contributed by atoms with Crippen LogP contribution in [-0.2, 0) is 20.0 Å². The molecule has 0 aliphatic rings. The maximum absolute atomic E-state index is 13.0. The van der Waals surface area contributed by atoms with Gasteiger partial charge in [-0.2, -0.15) is 10.4 Å². The summed E-state index contributed by atoms with van der Waals surface area (Å²) in [6, 6.07) is 7.09. The van der Waals surface area contributed by atoms with E-state index in [1.807, 2.05) is 6.07 Å². The van der Waals surface area contributed by atoms with Gasteiger partial charge in [0.25, 0.3) is 5.56 Å². The molecular formula is C19H16N8OS. The van der Waals surface area contributed by atoms with E-state index in [2.05, 4.69) is 15.1 Å². The predicted octanol–water partition coefficient (Wildman–Crippen LogP) is 1.69. The number of aryl methyl sites for hydroxylation is 1. The van der Waals surface area contributed by atoms with Gasteiger partial charge in [-0.3, -0.25) is 4.79 Å². The minimum absolute atomic E-state index is 0.173. The number of pyridine rings is 1. The van der Waals surface area contributed by atoms with Crippen molar-refractivity contribution < 1.29 is 0 Å². The van der Waals surface area contributed by atoms with Crippen molar-refractivity contribution in [2.24, 2.45) is 12.8 Å². The predicted molar refractivity (Wildman–Crippen MR) is 111 cm³/mol. The van der Waals surface area contributed by atoms with Crippen LogP contribution in [0.2, 0.25) is 0 Å². The molecule has 0 unspecified atom stereocenters. The summed E-state index contributed by atoms with van der Waals surface area (Å²) < 4.78 is 3.98. The maximum Gasteiger partial charge on any atom is 0.291 e. The molecule has 4 heterocycles. The first-order chi connectivity index (χ1) is 14.0. The second-order valence-corrected chi connectivity index (χ2v) is 7.48. The molecule has 4 rings (SSSR count). The van der Waals surface area contributed by atoms with Gasteiger partial charge in [-0.25, -0.2) is 14.6 Å². The van der Waals surface area contributed by atoms with Gasteiger partial charge in [0.15, 0.2) is 5.65 Å². The van der Waals surface area contributed by atoms with Crippen LogP contribution in [0, 0.1) is 16.7 Å². The van der Waals surface area contributed by atoms with Crippen molar-refractivity contribution in [2.75, 3.05) is 0 Å². The van der Waals surface area contributed by atoms with E-state index in [1.54, 1.807) is 36.0 Å². The molecule has 4 aromatic rings. The van der Waals surface area contributed by atoms with Crippen LogP contribution in [0.4, 0.5) is 0 Å². The Morgan fingerprint density at radius 3 is 3.00 bits per heavy atom. The first-order valence-corrected chi connectivity index (χ1v) is 9.48. The Bertz CT molecular complexity index is 1390. The smallest absolute Gasteiger partial charge is 0.291 e. The average Bonchev–Trinajstić information content (AvgIpc) is 3.23. The number of nitriles is 1. The molecule has 0 aliphatic carbocycles. The lowest BCUT2D eigenvalue weighted by molar-refractivity contribution is 0.632. The number of thiazole rings is 1. The summed E-state index contributed by atoms with van der Waals surface area (Å²) in [5.41, 5.74) is 8.27. The summed E-state index contributed by atoms with van der Waals surface area (Å²) in [5, 5.41) is 21.9. The fourth-order valence-electron chi connectivity index (χ4n) is 3.14. The molecule has 9 nitrogen and oxygen atoms in total. The molecule has 3 N–H and O–H groups in total. The van der Waals surface area contributed by atoms with E-state index >= 15 is 0 Å². The Morgan fingerprint density at radius 2 is 2.24 bits per heavy atom. The molecule has 144 valence electrons. The van der Waals surface area contributed by atoms with Crippen molar-refractivity contribution in [3.05, 3.63) is 62.9 Å². The van der Waals surface area contributed by atoms with E-state index in [0.29, 0.717) is 34.7 Å². The number of nitrogens with two attached hydrogens (primary N) is 1. The normalized spacial score (nSPS) is 11.8. The molecule has 0 bridgehead atoms. The highest BCUT2D eigenvalue weighted by Crippen LogP contribution is 2.31. The molecule has 0 saturated carbocycles. The Hall–Kier alpha value is -3.84. The van der Waals surface area contributed by atoms with E-state index < -0.39 is 0 Å². The van der Waals surface area contributed by atoms with Crippen molar-refractivity contribution in [2.45, 2.75) is 13.0 Å². The summed E-state index contributed by atoms with van der Waals surface area (Å²) in [5.74, 6) is 0. The van der Waals surface area contributed by atoms with Gasteiger partial charge in [0.2, 0.25) is 0 Å². The zero-order valence-electron chi connectivity index (χ0n) is 15.5. The van der Waals surface area contributed by atoms with Crippen molar-refractivity contribution in [3.63, 3.8) is 0 Å². The molecule has 10 heteroatoms. The topological polar surface area (TPSA) is 139 Å². The van der Waals surface area contributed by atoms with Crippen molar-refractivity contribution >= 4 is 38.8 Å². The van der Waals surface area contributed by atoms with Gasteiger partial charge in [0.05, 0.1) is 23.1 Å². The van der Waals surface area contributed by atoms with Crippen LogP contribution >= 0.6 is 11.3 Å². The first-order valence-electron chi connectivity index (χ1n) is 8.67. The second-order valence-electron chi connectivity index (χ2n) is 6.40. The van der Waals surface area contributed by atoms with Crippen LogP contribution < -0.4 is 11.3 Å². The largest absolute Gasteiger partial charge is 0.402 e. The lowest BCUT2D eigenvalue weighted by atomic mass is 10.3. The van der Waals surface area contributed by atoms with Crippen molar-refractivity contribution in [3.8, 4) is 6.07 Å². The van der Waals surface area contributed by atoms with Crippen LogP contribution in [0.5, 0.6) is 0 Å². The second kappa shape index (κ2) is 7.29. The standard InChI is InChI=1S/C19H16N8OS/c1-26-16-14(17-18(26)25-15(29-17)7-11(22)5-6-20)9-23-27(19(16)28)10-13-4-2-3-12(8-21)24-13/h2-6,9,20H,7,10,22H2,1H3. The fraction of sp³-hybridized carbons (Fsp3) is 0.158. The van der Waals surface area contributed by atoms with Gasteiger partial charge in [-0.15, -0.1) is 11.3 Å². The molecule has 0 aliphatic heterocycles. The van der Waals surface area contributed by atoms with Gasteiger partial charge >= 0.3 is 0 Å². The zero-order valence-corrected chi connectivity index (χ0v) is 16.3. The maximum atomic E-state index is 13.0. The van der Waals surface area contributed by atoms with Gasteiger partial charge in [0, 0.05) is 30.8 Å². The Kier molecular flexibility index (Phi) is 4.66. The van der Waals surface area contributed by atoms with Gasteiger partial charge in [0.1, 0.15) is 22.3 Å². The quantitative estimate of drug-likeness (QED) is 0.485. The molecule has 0 amide bonds. The minimum atomic E-state index is -0.246. The summed E-state index contributed by atoms with van der Waals surface area (Å²) >= 11 is 1.46. The number of hydrogen-bond acceptors (Lipinski definition) is 8. The third-order valence-electron chi connectivity index (χ3n) is 4.46. The van der Waals surface area contributed by atoms with Crippen LogP contribution in [0.3, 0.4) is 0 Å². The van der Waals surface area contributed by atoms with Crippen LogP contribution in [0.1, 0.15) is 16.4 Å². The highest BCUT2D eigenvalue weighted by atomic mass is 32.1. The van der Waals surface area contributed by atoms with E-state index in [0.717, 1.165) is 21.3 Å². The van der Waals surface area contributed by atoms with E-state index in [9.17, 15) is 4.79 Å². The molecule has 0 atom stereocenters. The highest BCUT2D eigenvalue weighted by molar-refractivity contribution is 7.19. The summed E-state index contributed by atoms with van der Waals surface area (Å²) in [6.45, 7) is 0.173. The molecule has 29 heavy (non-hydrogen) atoms. The van der Waals surface area contributed by atoms with Crippen LogP contribution in [0.25, 0.3) is 21.3 Å². The SMILES string of the molecule is Cn1c2nc(CC(N)=CC=N)sc2c2cnn(Cc3cccc(C#N)n3)c(=O)c21. The average molecular weight is 404 g/mol. The number of allylic oxidation sites excluding steroid dienone is 2. The minimum Gasteiger partial charge on any atom is -0.402 e. The Morgan fingerprint density at radius 1 is 1.41 bits per heavy atom. The molecule has 0 aromatic carbocycles. The van der Waals surface area contributed by atoms with Crippen LogP contribution in [-0.4, -0.2) is 30.5 Å². The number of hydrogen-bond donors (Lipinski definition) is 2. The summed E-state index contributed by atoms with van der Waals surface area (Å²) in [6.07, 6.45) is 4.78. The molecular weight excluding hydrogens is 388 g/mol. The fourth-order valence-corrected chi connectivity index (χ4v) is 4.28. The van der Waals surface area contributed by atoms with Crippen molar-refractivity contribution in [1.82, 2.24) is 24.3 Å². The molecule has 0 fully saturated rings. The molecule has 0 spiro atoms. The molecule has 0 saturated heterocycles. The number of aromatic nitrogens is 5. The monoisotopic (exact) mass is 404 g/mol. The third kappa shape index (κ3) is 3.28. The zero-order chi connectivity index (χ0) is 20.5. The van der Waals surface area contributed by atoms with E-state index in [-0.39, 0.29) is 12.1 Å². The summed E-state index contributed by atoms with van der Waals surface area (Å²) in [7, 11) is 1.80. The van der Waals surface area contributed by atoms with Gasteiger partial charge < -0.3 is 15.7 Å². The Labute approximate surface area is 168 Å². The lowest BCUT2D eigenvalue weighted by Crippen LogP contribution is -2.25. The van der Waals surface area contributed by atoms with Gasteiger partial charge in [-0.1, -0.05) is 6.07 Å². The highest BCUT2D eigenvalue weighted by Gasteiger charge is 2.18. The first kappa shape index (κ1) is 18.5.